The number of nitrogens with zero attached hydrogens (tertiary/aromatic N) is 2. The molecule has 1 heterocycles. The van der Waals surface area contributed by atoms with Crippen LogP contribution in [0.2, 0.25) is 0 Å². The summed E-state index contributed by atoms with van der Waals surface area (Å²) in [6, 6.07) is 10.6. The minimum atomic E-state index is 0.470. The molecule has 1 aromatic heterocycles. The summed E-state index contributed by atoms with van der Waals surface area (Å²) in [5.41, 5.74) is 3.66. The number of hydrogen-bond donors (Lipinski definition) is 0. The number of rotatable bonds is 4. The summed E-state index contributed by atoms with van der Waals surface area (Å²) in [7, 11) is 2.00. The first kappa shape index (κ1) is 13.8. The second kappa shape index (κ2) is 6.02. The summed E-state index contributed by atoms with van der Waals surface area (Å²) in [5.74, 6) is 0.470. The molecule has 1 atom stereocenters. The summed E-state index contributed by atoms with van der Waals surface area (Å²) in [6.07, 6.45) is 0.979. The van der Waals surface area contributed by atoms with Gasteiger partial charge in [0.05, 0.1) is 15.9 Å². The van der Waals surface area contributed by atoms with Crippen molar-refractivity contribution in [3.05, 3.63) is 51.8 Å². The molecule has 0 N–H and O–H groups in total. The molecule has 0 saturated carbocycles. The molecule has 0 spiro atoms. The minimum absolute atomic E-state index is 0.470. The Bertz CT molecular complexity index is 520. The van der Waals surface area contributed by atoms with Crippen LogP contribution >= 0.6 is 31.9 Å². The molecule has 2 rings (SSSR count). The summed E-state index contributed by atoms with van der Waals surface area (Å²) in [4.78, 5) is 0. The first-order chi connectivity index (χ1) is 8.63. The Kier molecular flexibility index (Phi) is 4.62. The van der Waals surface area contributed by atoms with Gasteiger partial charge in [-0.05, 0) is 40.8 Å². The number of halogens is 2. The van der Waals surface area contributed by atoms with E-state index >= 15 is 0 Å². The fourth-order valence-electron chi connectivity index (χ4n) is 2.12. The van der Waals surface area contributed by atoms with Crippen molar-refractivity contribution in [3.63, 3.8) is 0 Å². The quantitative estimate of drug-likeness (QED) is 0.736. The van der Waals surface area contributed by atoms with E-state index in [-0.39, 0.29) is 0 Å². The number of alkyl halides is 1. The van der Waals surface area contributed by atoms with E-state index < -0.39 is 0 Å². The highest BCUT2D eigenvalue weighted by Crippen LogP contribution is 2.28. The molecule has 0 aliphatic heterocycles. The van der Waals surface area contributed by atoms with Gasteiger partial charge in [0.1, 0.15) is 0 Å². The second-order valence-electron chi connectivity index (χ2n) is 4.44. The molecule has 4 heteroatoms. The summed E-state index contributed by atoms with van der Waals surface area (Å²) < 4.78 is 3.10. The van der Waals surface area contributed by atoms with E-state index in [0.717, 1.165) is 21.9 Å². The molecule has 96 valence electrons. The molecule has 0 aliphatic rings. The minimum Gasteiger partial charge on any atom is -0.271 e. The van der Waals surface area contributed by atoms with Gasteiger partial charge in [-0.2, -0.15) is 5.10 Å². The SMILES string of the molecule is Cc1nn(C)c(CC(CBr)c2ccccc2)c1Br. The van der Waals surface area contributed by atoms with Gasteiger partial charge < -0.3 is 0 Å². The fraction of sp³-hybridized carbons (Fsp3) is 0.357. The molecule has 0 saturated heterocycles. The normalized spacial score (nSPS) is 12.7. The Morgan fingerprint density at radius 3 is 2.44 bits per heavy atom. The molecule has 2 nitrogen and oxygen atoms in total. The maximum Gasteiger partial charge on any atom is 0.0738 e. The van der Waals surface area contributed by atoms with Crippen molar-refractivity contribution in [2.75, 3.05) is 5.33 Å². The Morgan fingerprint density at radius 2 is 1.94 bits per heavy atom. The van der Waals surface area contributed by atoms with Crippen LogP contribution < -0.4 is 0 Å². The summed E-state index contributed by atoms with van der Waals surface area (Å²) >= 11 is 7.25. The zero-order valence-electron chi connectivity index (χ0n) is 10.5. The van der Waals surface area contributed by atoms with Gasteiger partial charge in [0.15, 0.2) is 0 Å². The van der Waals surface area contributed by atoms with Crippen molar-refractivity contribution in [1.82, 2.24) is 9.78 Å². The predicted molar refractivity (Wildman–Crippen MR) is 82.3 cm³/mol. The maximum atomic E-state index is 4.45. The molecule has 0 fully saturated rings. The van der Waals surface area contributed by atoms with E-state index in [9.17, 15) is 0 Å². The summed E-state index contributed by atoms with van der Waals surface area (Å²) in [6.45, 7) is 2.03. The number of benzene rings is 1. The molecule has 1 aromatic carbocycles. The Balaban J connectivity index is 2.26. The lowest BCUT2D eigenvalue weighted by molar-refractivity contribution is 0.659. The van der Waals surface area contributed by atoms with E-state index in [1.807, 2.05) is 18.7 Å². The summed E-state index contributed by atoms with van der Waals surface area (Å²) in [5, 5.41) is 5.40. The Morgan fingerprint density at radius 1 is 1.28 bits per heavy atom. The van der Waals surface area contributed by atoms with Crippen molar-refractivity contribution in [3.8, 4) is 0 Å². The van der Waals surface area contributed by atoms with Gasteiger partial charge in [-0.25, -0.2) is 0 Å². The monoisotopic (exact) mass is 370 g/mol. The van der Waals surface area contributed by atoms with E-state index in [0.29, 0.717) is 5.92 Å². The van der Waals surface area contributed by atoms with Crippen molar-refractivity contribution in [1.29, 1.82) is 0 Å². The molecule has 0 aliphatic carbocycles. The smallest absolute Gasteiger partial charge is 0.0738 e. The molecule has 0 radical (unpaired) electrons. The highest BCUT2D eigenvalue weighted by atomic mass is 79.9. The molecule has 0 amide bonds. The largest absolute Gasteiger partial charge is 0.271 e. The zero-order chi connectivity index (χ0) is 13.1. The fourth-order valence-corrected chi connectivity index (χ4v) is 3.22. The van der Waals surface area contributed by atoms with Gasteiger partial charge in [0.25, 0.3) is 0 Å². The number of aryl methyl sites for hydroxylation is 2. The lowest BCUT2D eigenvalue weighted by Gasteiger charge is -2.15. The highest BCUT2D eigenvalue weighted by molar-refractivity contribution is 9.10. The lowest BCUT2D eigenvalue weighted by atomic mass is 9.96. The average molecular weight is 372 g/mol. The van der Waals surface area contributed by atoms with Crippen LogP contribution in [0.25, 0.3) is 0 Å². The second-order valence-corrected chi connectivity index (χ2v) is 5.88. The maximum absolute atomic E-state index is 4.45. The van der Waals surface area contributed by atoms with Crippen LogP contribution in [0.3, 0.4) is 0 Å². The molecule has 0 bridgehead atoms. The van der Waals surface area contributed by atoms with Crippen LogP contribution in [-0.4, -0.2) is 15.1 Å². The molecule has 1 unspecified atom stereocenters. The van der Waals surface area contributed by atoms with Crippen molar-refractivity contribution >= 4 is 31.9 Å². The first-order valence-corrected chi connectivity index (χ1v) is 7.83. The Labute approximate surface area is 125 Å². The van der Waals surface area contributed by atoms with Gasteiger partial charge in [-0.15, -0.1) is 0 Å². The predicted octanol–water partition coefficient (Wildman–Crippen LogP) is 4.21. The van der Waals surface area contributed by atoms with Gasteiger partial charge in [-0.1, -0.05) is 46.3 Å². The van der Waals surface area contributed by atoms with Gasteiger partial charge in [0, 0.05) is 12.4 Å². The van der Waals surface area contributed by atoms with Crippen molar-refractivity contribution < 1.29 is 0 Å². The molecule has 2 aromatic rings. The van der Waals surface area contributed by atoms with Crippen LogP contribution in [0, 0.1) is 6.92 Å². The van der Waals surface area contributed by atoms with Gasteiger partial charge >= 0.3 is 0 Å². The molecule has 18 heavy (non-hydrogen) atoms. The van der Waals surface area contributed by atoms with Crippen LogP contribution in [0.4, 0.5) is 0 Å². The number of aromatic nitrogens is 2. The van der Waals surface area contributed by atoms with E-state index in [1.165, 1.54) is 11.3 Å². The third-order valence-electron chi connectivity index (χ3n) is 3.16. The lowest BCUT2D eigenvalue weighted by Crippen LogP contribution is -2.08. The standard InChI is InChI=1S/C14H16Br2N2/c1-10-14(16)13(18(2)17-10)8-12(9-15)11-6-4-3-5-7-11/h3-7,12H,8-9H2,1-2H3. The van der Waals surface area contributed by atoms with Crippen molar-refractivity contribution in [2.45, 2.75) is 19.3 Å². The van der Waals surface area contributed by atoms with E-state index in [4.69, 9.17) is 0 Å². The zero-order valence-corrected chi connectivity index (χ0v) is 13.7. The van der Waals surface area contributed by atoms with Gasteiger partial charge in [0.2, 0.25) is 0 Å². The molecular formula is C14H16Br2N2. The highest BCUT2D eigenvalue weighted by Gasteiger charge is 2.17. The molecular weight excluding hydrogens is 356 g/mol. The van der Waals surface area contributed by atoms with Crippen LogP contribution in [0.1, 0.15) is 22.9 Å². The average Bonchev–Trinajstić information content (AvgIpc) is 2.62. The van der Waals surface area contributed by atoms with Gasteiger partial charge in [-0.3, -0.25) is 4.68 Å². The van der Waals surface area contributed by atoms with Crippen molar-refractivity contribution in [2.24, 2.45) is 7.05 Å². The third kappa shape index (κ3) is 2.86. The Hall–Kier alpha value is -0.610. The third-order valence-corrected chi connectivity index (χ3v) is 4.97. The van der Waals surface area contributed by atoms with Crippen LogP contribution in [0.15, 0.2) is 34.8 Å². The first-order valence-electron chi connectivity index (χ1n) is 5.92. The van der Waals surface area contributed by atoms with E-state index in [1.54, 1.807) is 0 Å². The number of hydrogen-bond acceptors (Lipinski definition) is 1. The van der Waals surface area contributed by atoms with Crippen LogP contribution in [0.5, 0.6) is 0 Å². The topological polar surface area (TPSA) is 17.8 Å². The van der Waals surface area contributed by atoms with E-state index in [2.05, 4.69) is 67.3 Å². The van der Waals surface area contributed by atoms with Crippen LogP contribution in [-0.2, 0) is 13.5 Å².